The summed E-state index contributed by atoms with van der Waals surface area (Å²) in [4.78, 5) is 11.2. The molecule has 1 amide bonds. The number of anilines is 1. The fourth-order valence-corrected chi connectivity index (χ4v) is 1.49. The van der Waals surface area contributed by atoms with E-state index in [-0.39, 0.29) is 23.9 Å². The second-order valence-corrected chi connectivity index (χ2v) is 3.82. The van der Waals surface area contributed by atoms with Gasteiger partial charge < -0.3 is 10.6 Å². The maximum Gasteiger partial charge on any atom is 0.453 e. The second kappa shape index (κ2) is 5.31. The van der Waals surface area contributed by atoms with Crippen LogP contribution in [0.2, 0.25) is 0 Å². The highest BCUT2D eigenvalue weighted by atomic mass is 19.4. The Morgan fingerprint density at radius 3 is 2.75 bits per heavy atom. The minimum atomic E-state index is -4.65. The molecule has 0 unspecified atom stereocenters. The number of likely N-dealkylation sites (N-methyl/N-ethyl adjacent to an activating group) is 1. The molecule has 0 atom stereocenters. The molecule has 7 nitrogen and oxygen atoms in total. The van der Waals surface area contributed by atoms with Crippen molar-refractivity contribution >= 4 is 17.4 Å². The first-order valence-corrected chi connectivity index (χ1v) is 5.72. The molecule has 2 aromatic heterocycles. The number of alkyl halides is 3. The van der Waals surface area contributed by atoms with Gasteiger partial charge in [-0.2, -0.15) is 17.7 Å². The molecule has 0 fully saturated rings. The summed E-state index contributed by atoms with van der Waals surface area (Å²) in [5.41, 5.74) is -0.0270. The number of aromatic nitrogens is 4. The van der Waals surface area contributed by atoms with Crippen molar-refractivity contribution < 1.29 is 18.0 Å². The molecular formula is C10H11F3N6O. The lowest BCUT2D eigenvalue weighted by atomic mass is 10.4. The first-order chi connectivity index (χ1) is 9.41. The first-order valence-electron chi connectivity index (χ1n) is 5.72. The largest absolute Gasteiger partial charge is 0.453 e. The van der Waals surface area contributed by atoms with Crippen LogP contribution in [0.15, 0.2) is 12.1 Å². The Labute approximate surface area is 111 Å². The van der Waals surface area contributed by atoms with Crippen LogP contribution in [0.5, 0.6) is 0 Å². The summed E-state index contributed by atoms with van der Waals surface area (Å²) in [6.07, 6.45) is -4.65. The van der Waals surface area contributed by atoms with Crippen molar-refractivity contribution in [2.45, 2.75) is 13.1 Å². The SMILES string of the molecule is CCNC(=O)CNc1ccc2nnc(C(F)(F)F)n2n1. The van der Waals surface area contributed by atoms with Crippen molar-refractivity contribution in [1.82, 2.24) is 25.1 Å². The summed E-state index contributed by atoms with van der Waals surface area (Å²) in [7, 11) is 0. The van der Waals surface area contributed by atoms with Gasteiger partial charge in [-0.25, -0.2) is 0 Å². The number of amides is 1. The summed E-state index contributed by atoms with van der Waals surface area (Å²) in [5, 5.41) is 15.3. The lowest BCUT2D eigenvalue weighted by Gasteiger charge is -2.07. The number of hydrogen-bond acceptors (Lipinski definition) is 5. The monoisotopic (exact) mass is 288 g/mol. The van der Waals surface area contributed by atoms with E-state index in [1.54, 1.807) is 6.92 Å². The van der Waals surface area contributed by atoms with Crippen molar-refractivity contribution in [2.24, 2.45) is 0 Å². The van der Waals surface area contributed by atoms with Gasteiger partial charge in [0.1, 0.15) is 5.82 Å². The van der Waals surface area contributed by atoms with Crippen molar-refractivity contribution in [3.05, 3.63) is 18.0 Å². The Kier molecular flexibility index (Phi) is 3.72. The predicted molar refractivity (Wildman–Crippen MR) is 63.0 cm³/mol. The van der Waals surface area contributed by atoms with Crippen LogP contribution in [0.25, 0.3) is 5.65 Å². The van der Waals surface area contributed by atoms with E-state index in [4.69, 9.17) is 0 Å². The molecular weight excluding hydrogens is 277 g/mol. The van der Waals surface area contributed by atoms with Crippen molar-refractivity contribution in [1.29, 1.82) is 0 Å². The molecule has 0 bridgehead atoms. The van der Waals surface area contributed by atoms with Crippen molar-refractivity contribution in [2.75, 3.05) is 18.4 Å². The Bertz CT molecular complexity index is 623. The number of halogens is 3. The third kappa shape index (κ3) is 2.95. The van der Waals surface area contributed by atoms with Crippen LogP contribution in [0.4, 0.5) is 19.0 Å². The lowest BCUT2D eigenvalue weighted by Crippen LogP contribution is -2.29. The Morgan fingerprint density at radius 2 is 2.10 bits per heavy atom. The van der Waals surface area contributed by atoms with Gasteiger partial charge in [-0.15, -0.1) is 15.3 Å². The minimum Gasteiger partial charge on any atom is -0.360 e. The van der Waals surface area contributed by atoms with Gasteiger partial charge in [-0.1, -0.05) is 0 Å². The Balaban J connectivity index is 2.22. The molecule has 20 heavy (non-hydrogen) atoms. The van der Waals surface area contributed by atoms with E-state index in [2.05, 4.69) is 25.9 Å². The van der Waals surface area contributed by atoms with E-state index in [0.29, 0.717) is 11.1 Å². The highest BCUT2D eigenvalue weighted by Gasteiger charge is 2.37. The topological polar surface area (TPSA) is 84.2 Å². The van der Waals surface area contributed by atoms with E-state index in [1.807, 2.05) is 0 Å². The van der Waals surface area contributed by atoms with Crippen molar-refractivity contribution in [3.63, 3.8) is 0 Å². The maximum absolute atomic E-state index is 12.6. The second-order valence-electron chi connectivity index (χ2n) is 3.82. The van der Waals surface area contributed by atoms with Gasteiger partial charge in [0.25, 0.3) is 5.82 Å². The molecule has 0 radical (unpaired) electrons. The summed E-state index contributed by atoms with van der Waals surface area (Å²) in [6, 6.07) is 2.75. The average molecular weight is 288 g/mol. The zero-order valence-electron chi connectivity index (χ0n) is 10.4. The molecule has 0 aliphatic rings. The first kappa shape index (κ1) is 14.0. The number of carbonyl (C=O) groups excluding carboxylic acids is 1. The van der Waals surface area contributed by atoms with Gasteiger partial charge in [0.05, 0.1) is 6.54 Å². The fourth-order valence-electron chi connectivity index (χ4n) is 1.49. The molecule has 2 heterocycles. The van der Waals surface area contributed by atoms with E-state index in [1.165, 1.54) is 12.1 Å². The number of fused-ring (bicyclic) bond motifs is 1. The summed E-state index contributed by atoms with van der Waals surface area (Å²) < 4.78 is 38.5. The Morgan fingerprint density at radius 1 is 1.35 bits per heavy atom. The lowest BCUT2D eigenvalue weighted by molar-refractivity contribution is -0.146. The highest BCUT2D eigenvalue weighted by molar-refractivity contribution is 5.80. The standard InChI is InChI=1S/C10H11F3N6O/c1-2-14-8(20)5-15-6-3-4-7-16-17-9(10(11,12)13)19(7)18-6/h3-4H,2,5H2,1H3,(H,14,20)(H,15,18). The van der Waals surface area contributed by atoms with Crippen LogP contribution < -0.4 is 10.6 Å². The van der Waals surface area contributed by atoms with Crippen molar-refractivity contribution in [3.8, 4) is 0 Å². The number of hydrogen-bond donors (Lipinski definition) is 2. The summed E-state index contributed by atoms with van der Waals surface area (Å²) >= 11 is 0. The van der Waals surface area contributed by atoms with E-state index in [0.717, 1.165) is 0 Å². The minimum absolute atomic E-state index is 0.0270. The fraction of sp³-hybridized carbons (Fsp3) is 0.400. The molecule has 0 aromatic carbocycles. The van der Waals surface area contributed by atoms with Crippen LogP contribution >= 0.6 is 0 Å². The van der Waals surface area contributed by atoms with Crippen LogP contribution in [-0.4, -0.2) is 38.8 Å². The molecule has 0 spiro atoms. The Hall–Kier alpha value is -2.39. The molecule has 2 rings (SSSR count). The average Bonchev–Trinajstić information content (AvgIpc) is 2.79. The molecule has 0 saturated carbocycles. The van der Waals surface area contributed by atoms with Crippen LogP contribution in [0.1, 0.15) is 12.7 Å². The third-order valence-corrected chi connectivity index (χ3v) is 2.32. The molecule has 2 N–H and O–H groups in total. The van der Waals surface area contributed by atoms with Crippen LogP contribution in [0, 0.1) is 0 Å². The molecule has 0 saturated heterocycles. The van der Waals surface area contributed by atoms with Crippen LogP contribution in [-0.2, 0) is 11.0 Å². The van der Waals surface area contributed by atoms with Crippen LogP contribution in [0.3, 0.4) is 0 Å². The van der Waals surface area contributed by atoms with E-state index in [9.17, 15) is 18.0 Å². The normalized spacial score (nSPS) is 11.6. The van der Waals surface area contributed by atoms with Gasteiger partial charge in [0, 0.05) is 6.54 Å². The summed E-state index contributed by atoms with van der Waals surface area (Å²) in [5.74, 6) is -1.38. The number of nitrogens with one attached hydrogen (secondary N) is 2. The molecule has 108 valence electrons. The quantitative estimate of drug-likeness (QED) is 0.864. The molecule has 2 aromatic rings. The van der Waals surface area contributed by atoms with Gasteiger partial charge in [-0.3, -0.25) is 4.79 Å². The van der Waals surface area contributed by atoms with Gasteiger partial charge >= 0.3 is 6.18 Å². The number of nitrogens with zero attached hydrogens (tertiary/aromatic N) is 4. The van der Waals surface area contributed by atoms with E-state index >= 15 is 0 Å². The predicted octanol–water partition coefficient (Wildman–Crippen LogP) is 0.691. The van der Waals surface area contributed by atoms with Gasteiger partial charge in [-0.05, 0) is 19.1 Å². The number of rotatable bonds is 4. The number of carbonyl (C=O) groups is 1. The highest BCUT2D eigenvalue weighted by Crippen LogP contribution is 2.27. The molecule has 0 aliphatic carbocycles. The zero-order chi connectivity index (χ0) is 14.8. The van der Waals surface area contributed by atoms with E-state index < -0.39 is 12.0 Å². The molecule has 0 aliphatic heterocycles. The van der Waals surface area contributed by atoms with Gasteiger partial charge in [0.2, 0.25) is 5.91 Å². The molecule has 10 heteroatoms. The van der Waals surface area contributed by atoms with Gasteiger partial charge in [0.15, 0.2) is 5.65 Å². The third-order valence-electron chi connectivity index (χ3n) is 2.32. The smallest absolute Gasteiger partial charge is 0.360 e. The summed E-state index contributed by atoms with van der Waals surface area (Å²) in [6.45, 7) is 2.14. The zero-order valence-corrected chi connectivity index (χ0v) is 10.4. The maximum atomic E-state index is 12.6.